The van der Waals surface area contributed by atoms with Crippen LogP contribution in [0.5, 0.6) is 0 Å². The Morgan fingerprint density at radius 1 is 1.27 bits per heavy atom. The molecular formula is C11H13NO3. The number of carbonyl (C=O) groups excluding carboxylic acids is 1. The fourth-order valence-electron chi connectivity index (χ4n) is 1.14. The second-order valence-corrected chi connectivity index (χ2v) is 3.20. The van der Waals surface area contributed by atoms with Gasteiger partial charge in [-0.1, -0.05) is 0 Å². The fraction of sp³-hybridized carbons (Fsp3) is 0.273. The van der Waals surface area contributed by atoms with Gasteiger partial charge in [0.1, 0.15) is 0 Å². The molecule has 0 aliphatic heterocycles. The van der Waals surface area contributed by atoms with Gasteiger partial charge in [0.05, 0.1) is 6.42 Å². The summed E-state index contributed by atoms with van der Waals surface area (Å²) in [4.78, 5) is 21.2. The van der Waals surface area contributed by atoms with Gasteiger partial charge in [-0.3, -0.25) is 9.59 Å². The molecule has 1 rings (SSSR count). The third-order valence-corrected chi connectivity index (χ3v) is 1.96. The molecule has 0 aliphatic carbocycles. The lowest BCUT2D eigenvalue weighted by atomic mass is 10.1. The van der Waals surface area contributed by atoms with Gasteiger partial charge in [-0.05, 0) is 31.2 Å². The highest BCUT2D eigenvalue weighted by atomic mass is 16.4. The van der Waals surface area contributed by atoms with Crippen molar-refractivity contribution in [3.05, 3.63) is 29.8 Å². The minimum atomic E-state index is -0.831. The van der Waals surface area contributed by atoms with E-state index in [1.807, 2.05) is 0 Å². The van der Waals surface area contributed by atoms with Gasteiger partial charge in [-0.15, -0.1) is 0 Å². The number of Topliss-reactive ketones (excluding diaryl/α,β-unsaturated/α-hetero) is 1. The number of anilines is 1. The van der Waals surface area contributed by atoms with Crippen LogP contribution < -0.4 is 5.32 Å². The summed E-state index contributed by atoms with van der Waals surface area (Å²) < 4.78 is 0. The maximum Gasteiger partial charge on any atom is 0.305 e. The molecule has 0 heterocycles. The number of nitrogens with one attached hydrogen (secondary N) is 1. The van der Waals surface area contributed by atoms with Crippen LogP contribution in [0.1, 0.15) is 23.7 Å². The van der Waals surface area contributed by atoms with Crippen LogP contribution >= 0.6 is 0 Å². The number of carbonyl (C=O) groups is 2. The zero-order valence-electron chi connectivity index (χ0n) is 8.49. The second-order valence-electron chi connectivity index (χ2n) is 3.20. The molecule has 80 valence electrons. The van der Waals surface area contributed by atoms with E-state index in [1.165, 1.54) is 6.92 Å². The van der Waals surface area contributed by atoms with Gasteiger partial charge in [0.15, 0.2) is 5.78 Å². The molecule has 0 amide bonds. The van der Waals surface area contributed by atoms with Gasteiger partial charge in [0.25, 0.3) is 0 Å². The van der Waals surface area contributed by atoms with Crippen LogP contribution in [0.25, 0.3) is 0 Å². The number of carboxylic acid groups (broad SMARTS) is 1. The van der Waals surface area contributed by atoms with Crippen molar-refractivity contribution < 1.29 is 14.7 Å². The zero-order chi connectivity index (χ0) is 11.3. The topological polar surface area (TPSA) is 66.4 Å². The summed E-state index contributed by atoms with van der Waals surface area (Å²) in [5.41, 5.74) is 1.47. The lowest BCUT2D eigenvalue weighted by Crippen LogP contribution is -2.07. The van der Waals surface area contributed by atoms with Gasteiger partial charge < -0.3 is 10.4 Å². The van der Waals surface area contributed by atoms with Gasteiger partial charge in [0, 0.05) is 17.8 Å². The standard InChI is InChI=1S/C11H13NO3/c1-8(13)9-2-4-10(5-3-9)12-7-6-11(14)15/h2-5,12H,6-7H2,1H3,(H,14,15). The first-order valence-electron chi connectivity index (χ1n) is 4.66. The number of hydrogen-bond acceptors (Lipinski definition) is 3. The molecule has 2 N–H and O–H groups in total. The lowest BCUT2D eigenvalue weighted by Gasteiger charge is -2.04. The molecule has 0 saturated heterocycles. The largest absolute Gasteiger partial charge is 0.481 e. The summed E-state index contributed by atoms with van der Waals surface area (Å²) >= 11 is 0. The summed E-state index contributed by atoms with van der Waals surface area (Å²) in [6.07, 6.45) is 0.0778. The van der Waals surface area contributed by atoms with Crippen molar-refractivity contribution in [3.63, 3.8) is 0 Å². The molecule has 0 saturated carbocycles. The number of carboxylic acids is 1. The monoisotopic (exact) mass is 207 g/mol. The highest BCUT2D eigenvalue weighted by Gasteiger charge is 1.99. The van der Waals surface area contributed by atoms with E-state index >= 15 is 0 Å². The maximum atomic E-state index is 11.0. The van der Waals surface area contributed by atoms with E-state index in [1.54, 1.807) is 24.3 Å². The quantitative estimate of drug-likeness (QED) is 0.722. The molecule has 0 radical (unpaired) electrons. The second kappa shape index (κ2) is 5.14. The highest BCUT2D eigenvalue weighted by Crippen LogP contribution is 2.09. The highest BCUT2D eigenvalue weighted by molar-refractivity contribution is 5.94. The van der Waals surface area contributed by atoms with Gasteiger partial charge in [-0.25, -0.2) is 0 Å². The van der Waals surface area contributed by atoms with Crippen LogP contribution in [0.2, 0.25) is 0 Å². The molecule has 1 aromatic rings. The van der Waals surface area contributed by atoms with Crippen molar-refractivity contribution in [2.45, 2.75) is 13.3 Å². The summed E-state index contributed by atoms with van der Waals surface area (Å²) in [5.74, 6) is -0.810. The predicted octanol–water partition coefficient (Wildman–Crippen LogP) is 1.78. The zero-order valence-corrected chi connectivity index (χ0v) is 8.49. The van der Waals surface area contributed by atoms with Crippen LogP contribution in [0.4, 0.5) is 5.69 Å². The first-order chi connectivity index (χ1) is 7.09. The third-order valence-electron chi connectivity index (χ3n) is 1.96. The van der Waals surface area contributed by atoms with Crippen LogP contribution in [-0.4, -0.2) is 23.4 Å². The van der Waals surface area contributed by atoms with Crippen LogP contribution in [0.15, 0.2) is 24.3 Å². The van der Waals surface area contributed by atoms with Gasteiger partial charge in [0.2, 0.25) is 0 Å². The van der Waals surface area contributed by atoms with E-state index in [0.717, 1.165) is 5.69 Å². The van der Waals surface area contributed by atoms with Gasteiger partial charge >= 0.3 is 5.97 Å². The Labute approximate surface area is 87.9 Å². The molecule has 4 nitrogen and oxygen atoms in total. The normalized spacial score (nSPS) is 9.67. The van der Waals surface area contributed by atoms with Crippen molar-refractivity contribution in [1.29, 1.82) is 0 Å². The van der Waals surface area contributed by atoms with Crippen LogP contribution in [-0.2, 0) is 4.79 Å². The minimum absolute atomic E-state index is 0.0204. The van der Waals surface area contributed by atoms with E-state index in [-0.39, 0.29) is 12.2 Å². The molecule has 1 aromatic carbocycles. The van der Waals surface area contributed by atoms with Crippen LogP contribution in [0, 0.1) is 0 Å². The van der Waals surface area contributed by atoms with Crippen molar-refractivity contribution in [3.8, 4) is 0 Å². The maximum absolute atomic E-state index is 11.0. The summed E-state index contributed by atoms with van der Waals surface area (Å²) in [7, 11) is 0. The van der Waals surface area contributed by atoms with Crippen molar-refractivity contribution in [2.24, 2.45) is 0 Å². The SMILES string of the molecule is CC(=O)c1ccc(NCCC(=O)O)cc1. The molecule has 0 unspecified atom stereocenters. The number of aliphatic carboxylic acids is 1. The van der Waals surface area contributed by atoms with E-state index < -0.39 is 5.97 Å². The molecule has 0 atom stereocenters. The lowest BCUT2D eigenvalue weighted by molar-refractivity contribution is -0.136. The minimum Gasteiger partial charge on any atom is -0.481 e. The van der Waals surface area contributed by atoms with E-state index in [9.17, 15) is 9.59 Å². The summed E-state index contributed by atoms with van der Waals surface area (Å²) in [5, 5.41) is 11.4. The van der Waals surface area contributed by atoms with E-state index in [0.29, 0.717) is 12.1 Å². The smallest absolute Gasteiger partial charge is 0.305 e. The summed E-state index contributed by atoms with van der Waals surface area (Å²) in [6, 6.07) is 6.95. The molecule has 0 fully saturated rings. The molecule has 0 bridgehead atoms. The molecule has 0 spiro atoms. The Kier molecular flexibility index (Phi) is 3.85. The molecule has 0 aliphatic rings. The number of ketones is 1. The van der Waals surface area contributed by atoms with Crippen molar-refractivity contribution >= 4 is 17.4 Å². The number of rotatable bonds is 5. The first-order valence-corrected chi connectivity index (χ1v) is 4.66. The average Bonchev–Trinajstić information content (AvgIpc) is 2.18. The fourth-order valence-corrected chi connectivity index (χ4v) is 1.14. The molecule has 15 heavy (non-hydrogen) atoms. The Morgan fingerprint density at radius 2 is 1.87 bits per heavy atom. The van der Waals surface area contributed by atoms with Gasteiger partial charge in [-0.2, -0.15) is 0 Å². The van der Waals surface area contributed by atoms with E-state index in [2.05, 4.69) is 5.32 Å². The average molecular weight is 207 g/mol. The Balaban J connectivity index is 2.50. The third kappa shape index (κ3) is 3.81. The number of hydrogen-bond donors (Lipinski definition) is 2. The molecular weight excluding hydrogens is 194 g/mol. The summed E-state index contributed by atoms with van der Waals surface area (Å²) in [6.45, 7) is 1.89. The van der Waals surface area contributed by atoms with Crippen molar-refractivity contribution in [1.82, 2.24) is 0 Å². The Morgan fingerprint density at radius 3 is 2.33 bits per heavy atom. The number of benzene rings is 1. The molecule has 0 aromatic heterocycles. The molecule has 4 heteroatoms. The Bertz CT molecular complexity index is 357. The first kappa shape index (κ1) is 11.2. The van der Waals surface area contributed by atoms with E-state index in [4.69, 9.17) is 5.11 Å². The predicted molar refractivity (Wildman–Crippen MR) is 57.2 cm³/mol. The van der Waals surface area contributed by atoms with Crippen LogP contribution in [0.3, 0.4) is 0 Å². The Hall–Kier alpha value is -1.84. The van der Waals surface area contributed by atoms with Crippen molar-refractivity contribution in [2.75, 3.05) is 11.9 Å².